The predicted molar refractivity (Wildman–Crippen MR) is 89.8 cm³/mol. The molecular weight excluding hydrogens is 290 g/mol. The lowest BCUT2D eigenvalue weighted by atomic mass is 9.77. The lowest BCUT2D eigenvalue weighted by Gasteiger charge is -2.24. The van der Waals surface area contributed by atoms with Crippen molar-refractivity contribution in [3.05, 3.63) is 64.0 Å². The van der Waals surface area contributed by atoms with E-state index in [-0.39, 0.29) is 5.43 Å². The summed E-state index contributed by atoms with van der Waals surface area (Å²) in [5.74, 6) is 0.385. The molecule has 0 amide bonds. The number of carbonyl (C=O) groups is 1. The smallest absolute Gasteiger partial charge is 0.199 e. The number of benzene rings is 1. The predicted octanol–water partition coefficient (Wildman–Crippen LogP) is 3.23. The summed E-state index contributed by atoms with van der Waals surface area (Å²) < 4.78 is 5.88. The van der Waals surface area contributed by atoms with E-state index in [0.29, 0.717) is 17.0 Å². The molecule has 0 saturated heterocycles. The fourth-order valence-corrected chi connectivity index (χ4v) is 3.14. The van der Waals surface area contributed by atoms with Crippen LogP contribution in [0.25, 0.3) is 11.1 Å². The van der Waals surface area contributed by atoms with E-state index in [1.54, 1.807) is 13.1 Å². The Labute approximate surface area is 134 Å². The van der Waals surface area contributed by atoms with Crippen LogP contribution >= 0.6 is 0 Å². The lowest BCUT2D eigenvalue weighted by Crippen LogP contribution is -2.40. The third-order valence-electron chi connectivity index (χ3n) is 4.56. The Morgan fingerprint density at radius 3 is 2.61 bits per heavy atom. The van der Waals surface area contributed by atoms with E-state index in [2.05, 4.69) is 4.98 Å². The first-order valence-corrected chi connectivity index (χ1v) is 7.60. The number of rotatable bonds is 3. The summed E-state index contributed by atoms with van der Waals surface area (Å²) in [5.41, 5.74) is 1.52. The first-order chi connectivity index (χ1) is 11.0. The molecule has 2 heterocycles. The zero-order chi connectivity index (χ0) is 16.6. The number of carbonyl (C=O) groups excluding carboxylic acids is 1. The van der Waals surface area contributed by atoms with Crippen molar-refractivity contribution >= 4 is 6.29 Å². The average molecular weight is 309 g/mol. The fourth-order valence-electron chi connectivity index (χ4n) is 3.14. The van der Waals surface area contributed by atoms with Crippen LogP contribution in [-0.4, -0.2) is 17.4 Å². The molecule has 1 aliphatic heterocycles. The number of nitrogens with one attached hydrogen (secondary N) is 1. The molecule has 4 nitrogen and oxygen atoms in total. The number of hydrogen-bond donors (Lipinski definition) is 1. The first-order valence-electron chi connectivity index (χ1n) is 7.60. The van der Waals surface area contributed by atoms with Gasteiger partial charge in [-0.05, 0) is 31.9 Å². The number of fused-ring (bicyclic) bond motifs is 1. The van der Waals surface area contributed by atoms with Crippen molar-refractivity contribution in [3.8, 4) is 17.0 Å². The zero-order valence-corrected chi connectivity index (χ0v) is 13.4. The number of aldehydes is 1. The van der Waals surface area contributed by atoms with Gasteiger partial charge in [0, 0.05) is 11.8 Å². The second-order valence-corrected chi connectivity index (χ2v) is 6.03. The summed E-state index contributed by atoms with van der Waals surface area (Å²) in [7, 11) is 0. The average Bonchev–Trinajstić information content (AvgIpc) is 2.89. The van der Waals surface area contributed by atoms with Crippen LogP contribution in [0, 0.1) is 0 Å². The summed E-state index contributed by atoms with van der Waals surface area (Å²) in [6.07, 6.45) is 3.91. The summed E-state index contributed by atoms with van der Waals surface area (Å²) >= 11 is 0. The minimum atomic E-state index is -0.996. The molecule has 0 spiro atoms. The van der Waals surface area contributed by atoms with Gasteiger partial charge in [-0.15, -0.1) is 0 Å². The van der Waals surface area contributed by atoms with Gasteiger partial charge in [0.25, 0.3) is 0 Å². The summed E-state index contributed by atoms with van der Waals surface area (Å²) in [4.78, 5) is 27.9. The van der Waals surface area contributed by atoms with Crippen molar-refractivity contribution in [1.82, 2.24) is 4.98 Å². The highest BCUT2D eigenvalue weighted by molar-refractivity contribution is 5.76. The molecule has 0 saturated carbocycles. The molecule has 0 aliphatic carbocycles. The Bertz CT molecular complexity index is 835. The van der Waals surface area contributed by atoms with E-state index in [0.717, 1.165) is 17.4 Å². The number of H-pyrrole nitrogens is 1. The van der Waals surface area contributed by atoms with E-state index in [4.69, 9.17) is 4.74 Å². The van der Waals surface area contributed by atoms with Crippen LogP contribution < -0.4 is 10.2 Å². The van der Waals surface area contributed by atoms with E-state index in [1.807, 2.05) is 50.3 Å². The van der Waals surface area contributed by atoms with Gasteiger partial charge in [0.05, 0.1) is 11.0 Å². The molecule has 118 valence electrons. The van der Waals surface area contributed by atoms with Gasteiger partial charge < -0.3 is 14.5 Å². The number of hydrogen-bond acceptors (Lipinski definition) is 3. The molecule has 0 bridgehead atoms. The van der Waals surface area contributed by atoms with E-state index >= 15 is 0 Å². The topological polar surface area (TPSA) is 59.2 Å². The Balaban J connectivity index is 2.23. The molecule has 2 aromatic rings. The summed E-state index contributed by atoms with van der Waals surface area (Å²) in [6.45, 7) is 5.55. The number of aromatic nitrogens is 1. The Hall–Kier alpha value is -2.62. The SMILES string of the molecule is C/C=C(\C)C1Oc2[nH]cc(-c3ccccc3)c(=O)c2C1(C)C=O. The van der Waals surface area contributed by atoms with Gasteiger partial charge in [-0.1, -0.05) is 36.4 Å². The molecule has 0 radical (unpaired) electrons. The van der Waals surface area contributed by atoms with Crippen molar-refractivity contribution in [3.63, 3.8) is 0 Å². The van der Waals surface area contributed by atoms with Crippen molar-refractivity contribution in [2.24, 2.45) is 0 Å². The van der Waals surface area contributed by atoms with Crippen LogP contribution in [0.15, 0.2) is 53.0 Å². The maximum atomic E-state index is 13.0. The minimum absolute atomic E-state index is 0.161. The number of allylic oxidation sites excluding steroid dienone is 1. The van der Waals surface area contributed by atoms with E-state index < -0.39 is 11.5 Å². The molecule has 1 aromatic heterocycles. The Morgan fingerprint density at radius 2 is 2.00 bits per heavy atom. The third kappa shape index (κ3) is 2.22. The van der Waals surface area contributed by atoms with Gasteiger partial charge >= 0.3 is 0 Å². The maximum absolute atomic E-state index is 13.0. The second-order valence-electron chi connectivity index (χ2n) is 6.03. The van der Waals surface area contributed by atoms with Gasteiger partial charge in [0.2, 0.25) is 0 Å². The van der Waals surface area contributed by atoms with E-state index in [9.17, 15) is 9.59 Å². The van der Waals surface area contributed by atoms with Crippen molar-refractivity contribution in [2.45, 2.75) is 32.3 Å². The number of pyridine rings is 1. The molecule has 1 N–H and O–H groups in total. The molecular formula is C19H19NO3. The number of ether oxygens (including phenoxy) is 1. The molecule has 1 aliphatic rings. The van der Waals surface area contributed by atoms with Crippen LogP contribution in [0.3, 0.4) is 0 Å². The van der Waals surface area contributed by atoms with Crippen LogP contribution in [0.2, 0.25) is 0 Å². The highest BCUT2D eigenvalue weighted by Gasteiger charge is 2.49. The van der Waals surface area contributed by atoms with Gasteiger partial charge in [-0.25, -0.2) is 0 Å². The second kappa shape index (κ2) is 5.54. The standard InChI is InChI=1S/C19H19NO3/c1-4-12(2)17-19(3,11-21)15-16(22)14(10-20-18(15)23-17)13-8-6-5-7-9-13/h4-11,17H,1-3H3,(H,20,22)/b12-4+. The molecule has 3 rings (SSSR count). The number of aromatic amines is 1. The van der Waals surface area contributed by atoms with Crippen LogP contribution in [0.5, 0.6) is 5.88 Å². The van der Waals surface area contributed by atoms with Crippen LogP contribution in [0.4, 0.5) is 0 Å². The highest BCUT2D eigenvalue weighted by Crippen LogP contribution is 2.41. The molecule has 2 unspecified atom stereocenters. The van der Waals surface area contributed by atoms with Crippen molar-refractivity contribution < 1.29 is 9.53 Å². The Morgan fingerprint density at radius 1 is 1.30 bits per heavy atom. The highest BCUT2D eigenvalue weighted by atomic mass is 16.5. The van der Waals surface area contributed by atoms with Crippen molar-refractivity contribution in [2.75, 3.05) is 0 Å². The summed E-state index contributed by atoms with van der Waals surface area (Å²) in [5, 5.41) is 0. The van der Waals surface area contributed by atoms with Crippen LogP contribution in [-0.2, 0) is 10.2 Å². The Kier molecular flexibility index (Phi) is 3.68. The van der Waals surface area contributed by atoms with Gasteiger partial charge in [0.1, 0.15) is 12.4 Å². The van der Waals surface area contributed by atoms with Crippen molar-refractivity contribution in [1.29, 1.82) is 0 Å². The fraction of sp³-hybridized carbons (Fsp3) is 0.263. The molecule has 1 aromatic carbocycles. The van der Waals surface area contributed by atoms with Gasteiger partial charge in [0.15, 0.2) is 11.3 Å². The normalized spacial score (nSPS) is 23.3. The zero-order valence-electron chi connectivity index (χ0n) is 13.4. The minimum Gasteiger partial charge on any atom is -0.469 e. The maximum Gasteiger partial charge on any atom is 0.199 e. The van der Waals surface area contributed by atoms with Crippen LogP contribution in [0.1, 0.15) is 26.3 Å². The first kappa shape index (κ1) is 15.3. The molecule has 2 atom stereocenters. The van der Waals surface area contributed by atoms with Gasteiger partial charge in [-0.3, -0.25) is 4.79 Å². The molecule has 4 heteroatoms. The molecule has 0 fully saturated rings. The largest absolute Gasteiger partial charge is 0.469 e. The third-order valence-corrected chi connectivity index (χ3v) is 4.56. The monoisotopic (exact) mass is 309 g/mol. The lowest BCUT2D eigenvalue weighted by molar-refractivity contribution is -0.113. The quantitative estimate of drug-likeness (QED) is 0.699. The van der Waals surface area contributed by atoms with Gasteiger partial charge in [-0.2, -0.15) is 0 Å². The van der Waals surface area contributed by atoms with E-state index in [1.165, 1.54) is 0 Å². The molecule has 23 heavy (non-hydrogen) atoms. The summed E-state index contributed by atoms with van der Waals surface area (Å²) in [6, 6.07) is 9.41.